The molecule has 2 aliphatic rings. The Morgan fingerprint density at radius 1 is 1.18 bits per heavy atom. The number of halogens is 3. The molecule has 0 radical (unpaired) electrons. The van der Waals surface area contributed by atoms with E-state index in [9.17, 15) is 13.2 Å². The van der Waals surface area contributed by atoms with E-state index in [4.69, 9.17) is 24.4 Å². The molecule has 2 aromatic rings. The first kappa shape index (κ1) is 25.9. The molecule has 0 saturated carbocycles. The number of fused-ring (bicyclic) bond motifs is 3. The maximum atomic E-state index is 10.6. The van der Waals surface area contributed by atoms with Crippen LogP contribution in [-0.2, 0) is 11.2 Å². The highest BCUT2D eigenvalue weighted by Crippen LogP contribution is 2.38. The van der Waals surface area contributed by atoms with Crippen LogP contribution in [0, 0.1) is 6.92 Å². The standard InChI is InChI=1S/C22H31N3O2.C2HF3O2/c1-16-17-8-3-4-9-23-22(17)18-14-20(26-2)21(15-19(18)24-16)27-13-7-12-25-10-5-6-11-25;3-2(4,5)1(6)7/h14-15,23H,3-13H2,1-2H3;(H,6,7). The van der Waals surface area contributed by atoms with Crippen molar-refractivity contribution >= 4 is 22.6 Å². The fourth-order valence-electron chi connectivity index (χ4n) is 4.33. The number of nitrogens with one attached hydrogen (secondary N) is 1. The van der Waals surface area contributed by atoms with E-state index in [1.54, 1.807) is 7.11 Å². The van der Waals surface area contributed by atoms with Gasteiger partial charge in [0.25, 0.3) is 0 Å². The maximum absolute atomic E-state index is 10.6. The number of aromatic nitrogens is 1. The van der Waals surface area contributed by atoms with Gasteiger partial charge in [0, 0.05) is 35.9 Å². The predicted octanol–water partition coefficient (Wildman–Crippen LogP) is 4.80. The molecule has 0 unspecified atom stereocenters. The monoisotopic (exact) mass is 483 g/mol. The second-order valence-electron chi connectivity index (χ2n) is 8.51. The molecule has 1 fully saturated rings. The van der Waals surface area contributed by atoms with Crippen LogP contribution in [0.25, 0.3) is 10.9 Å². The minimum absolute atomic E-state index is 0.709. The highest BCUT2D eigenvalue weighted by molar-refractivity contribution is 5.95. The van der Waals surface area contributed by atoms with Gasteiger partial charge in [0.1, 0.15) is 0 Å². The van der Waals surface area contributed by atoms with Gasteiger partial charge in [0.15, 0.2) is 11.5 Å². The van der Waals surface area contributed by atoms with Crippen LogP contribution >= 0.6 is 0 Å². The number of carboxylic acids is 1. The molecule has 2 aliphatic heterocycles. The average molecular weight is 484 g/mol. The molecule has 0 bridgehead atoms. The number of methoxy groups -OCH3 is 1. The number of ether oxygens (including phenoxy) is 2. The molecule has 0 amide bonds. The van der Waals surface area contributed by atoms with E-state index in [0.717, 1.165) is 54.0 Å². The number of rotatable bonds is 6. The molecule has 1 saturated heterocycles. The number of aliphatic carboxylic acids is 1. The summed E-state index contributed by atoms with van der Waals surface area (Å²) in [5, 5.41) is 11.9. The Bertz CT molecular complexity index is 992. The SMILES string of the molecule is COc1cc2c3c(c(C)nc2cc1OCCCN1CCCC1)CCCCN3.O=C(O)C(F)(F)F. The third-order valence-corrected chi connectivity index (χ3v) is 6.05. The lowest BCUT2D eigenvalue weighted by Gasteiger charge is -2.18. The van der Waals surface area contributed by atoms with Crippen molar-refractivity contribution in [2.24, 2.45) is 0 Å². The summed E-state index contributed by atoms with van der Waals surface area (Å²) in [6.07, 6.45) is 2.13. The molecule has 7 nitrogen and oxygen atoms in total. The molecule has 4 rings (SSSR count). The van der Waals surface area contributed by atoms with Crippen LogP contribution in [0.5, 0.6) is 11.5 Å². The van der Waals surface area contributed by atoms with E-state index in [1.165, 1.54) is 50.0 Å². The number of benzene rings is 1. The number of hydrogen-bond donors (Lipinski definition) is 2. The molecule has 1 aromatic heterocycles. The van der Waals surface area contributed by atoms with Crippen molar-refractivity contribution in [1.29, 1.82) is 0 Å². The number of nitrogens with zero attached hydrogens (tertiary/aromatic N) is 2. The Morgan fingerprint density at radius 3 is 2.53 bits per heavy atom. The summed E-state index contributed by atoms with van der Waals surface area (Å²) in [5.74, 6) is -1.16. The van der Waals surface area contributed by atoms with E-state index >= 15 is 0 Å². The molecule has 10 heteroatoms. The number of carboxylic acid groups (broad SMARTS) is 1. The van der Waals surface area contributed by atoms with Gasteiger partial charge < -0.3 is 24.8 Å². The highest BCUT2D eigenvalue weighted by Gasteiger charge is 2.38. The predicted molar refractivity (Wildman–Crippen MR) is 124 cm³/mol. The van der Waals surface area contributed by atoms with Gasteiger partial charge in [-0.25, -0.2) is 4.79 Å². The summed E-state index contributed by atoms with van der Waals surface area (Å²) in [7, 11) is 1.71. The lowest BCUT2D eigenvalue weighted by atomic mass is 10.0. The molecule has 0 spiro atoms. The third kappa shape index (κ3) is 6.65. The van der Waals surface area contributed by atoms with Crippen LogP contribution in [0.4, 0.5) is 18.9 Å². The summed E-state index contributed by atoms with van der Waals surface area (Å²) in [4.78, 5) is 16.3. The summed E-state index contributed by atoms with van der Waals surface area (Å²) < 4.78 is 43.5. The normalized spacial score (nSPS) is 16.1. The molecule has 2 N–H and O–H groups in total. The van der Waals surface area contributed by atoms with E-state index in [1.807, 2.05) is 6.07 Å². The Morgan fingerprint density at radius 2 is 1.88 bits per heavy atom. The zero-order valence-corrected chi connectivity index (χ0v) is 19.6. The number of anilines is 1. The fourth-order valence-corrected chi connectivity index (χ4v) is 4.33. The molecule has 1 aromatic carbocycles. The number of aryl methyl sites for hydroxylation is 1. The zero-order chi connectivity index (χ0) is 24.7. The number of alkyl halides is 3. The molecule has 0 atom stereocenters. The van der Waals surface area contributed by atoms with Crippen molar-refractivity contribution in [2.45, 2.75) is 51.6 Å². The number of pyridine rings is 1. The fraction of sp³-hybridized carbons (Fsp3) is 0.583. The lowest BCUT2D eigenvalue weighted by Crippen LogP contribution is -2.21. The molecule has 0 aliphatic carbocycles. The number of carbonyl (C=O) groups is 1. The summed E-state index contributed by atoms with van der Waals surface area (Å²) in [5.41, 5.74) is 4.68. The Balaban J connectivity index is 0.000000406. The number of likely N-dealkylation sites (tertiary alicyclic amines) is 1. The van der Waals surface area contributed by atoms with Gasteiger partial charge in [-0.2, -0.15) is 13.2 Å². The maximum Gasteiger partial charge on any atom is 0.490 e. The van der Waals surface area contributed by atoms with Crippen molar-refractivity contribution in [3.63, 3.8) is 0 Å². The average Bonchev–Trinajstić information content (AvgIpc) is 3.18. The van der Waals surface area contributed by atoms with Crippen molar-refractivity contribution in [3.8, 4) is 11.5 Å². The van der Waals surface area contributed by atoms with Crippen LogP contribution < -0.4 is 14.8 Å². The Hall–Kier alpha value is -2.75. The van der Waals surface area contributed by atoms with Gasteiger partial charge >= 0.3 is 12.1 Å². The Kier molecular flexibility index (Phi) is 8.82. The van der Waals surface area contributed by atoms with Crippen LogP contribution in [0.1, 0.15) is 43.4 Å². The van der Waals surface area contributed by atoms with Crippen molar-refractivity contribution in [1.82, 2.24) is 9.88 Å². The zero-order valence-electron chi connectivity index (χ0n) is 19.6. The van der Waals surface area contributed by atoms with Gasteiger partial charge in [-0.05, 0) is 70.2 Å². The topological polar surface area (TPSA) is 83.9 Å². The second-order valence-corrected chi connectivity index (χ2v) is 8.51. The summed E-state index contributed by atoms with van der Waals surface area (Å²) in [6, 6.07) is 4.14. The highest BCUT2D eigenvalue weighted by atomic mass is 19.4. The second kappa shape index (κ2) is 11.6. The van der Waals surface area contributed by atoms with Crippen molar-refractivity contribution in [3.05, 3.63) is 23.4 Å². The van der Waals surface area contributed by atoms with Gasteiger partial charge in [-0.15, -0.1) is 0 Å². The van der Waals surface area contributed by atoms with Gasteiger partial charge in [0.05, 0.1) is 19.2 Å². The molecule has 188 valence electrons. The van der Waals surface area contributed by atoms with Gasteiger partial charge in [-0.3, -0.25) is 4.98 Å². The van der Waals surface area contributed by atoms with Crippen molar-refractivity contribution < 1.29 is 32.5 Å². The van der Waals surface area contributed by atoms with E-state index in [0.29, 0.717) is 6.61 Å². The van der Waals surface area contributed by atoms with Gasteiger partial charge in [0.2, 0.25) is 0 Å². The largest absolute Gasteiger partial charge is 0.493 e. The first-order valence-corrected chi connectivity index (χ1v) is 11.6. The Labute approximate surface area is 197 Å². The van der Waals surface area contributed by atoms with Crippen LogP contribution in [-0.4, -0.2) is 67.0 Å². The molecule has 34 heavy (non-hydrogen) atoms. The van der Waals surface area contributed by atoms with Crippen LogP contribution in [0.2, 0.25) is 0 Å². The lowest BCUT2D eigenvalue weighted by molar-refractivity contribution is -0.192. The number of hydrogen-bond acceptors (Lipinski definition) is 6. The first-order valence-electron chi connectivity index (χ1n) is 11.6. The van der Waals surface area contributed by atoms with Gasteiger partial charge in [-0.1, -0.05) is 0 Å². The quantitative estimate of drug-likeness (QED) is 0.571. The van der Waals surface area contributed by atoms with E-state index < -0.39 is 12.1 Å². The van der Waals surface area contributed by atoms with Crippen LogP contribution in [0.3, 0.4) is 0 Å². The smallest absolute Gasteiger partial charge is 0.490 e. The minimum atomic E-state index is -5.08. The molecular weight excluding hydrogens is 451 g/mol. The summed E-state index contributed by atoms with van der Waals surface area (Å²) >= 11 is 0. The molecular formula is C24H32F3N3O4. The molecule has 3 heterocycles. The van der Waals surface area contributed by atoms with E-state index in [-0.39, 0.29) is 0 Å². The summed E-state index contributed by atoms with van der Waals surface area (Å²) in [6.45, 7) is 7.43. The third-order valence-electron chi connectivity index (χ3n) is 6.05. The van der Waals surface area contributed by atoms with E-state index in [2.05, 4.69) is 23.2 Å². The minimum Gasteiger partial charge on any atom is -0.493 e. The van der Waals surface area contributed by atoms with Crippen LogP contribution in [0.15, 0.2) is 12.1 Å². The van der Waals surface area contributed by atoms with Crippen molar-refractivity contribution in [2.75, 3.05) is 45.2 Å². The first-order chi connectivity index (χ1) is 16.2.